The SMILES string of the molecule is O=C(CS[C@@H]1N=Nc2c([nH]c3ccccc23)N1)Nc1ccc2c(c1)OCO2. The summed E-state index contributed by atoms with van der Waals surface area (Å²) in [6.45, 7) is 0.205. The number of para-hydroxylation sites is 1. The summed E-state index contributed by atoms with van der Waals surface area (Å²) >= 11 is 1.36. The van der Waals surface area contributed by atoms with Crippen LogP contribution >= 0.6 is 11.8 Å². The van der Waals surface area contributed by atoms with E-state index in [1.165, 1.54) is 11.8 Å². The smallest absolute Gasteiger partial charge is 0.234 e. The number of carbonyl (C=O) groups is 1. The lowest BCUT2D eigenvalue weighted by Gasteiger charge is -2.17. The van der Waals surface area contributed by atoms with Crippen LogP contribution in [0, 0.1) is 0 Å². The topological polar surface area (TPSA) is 100 Å². The van der Waals surface area contributed by atoms with Gasteiger partial charge in [0.25, 0.3) is 0 Å². The van der Waals surface area contributed by atoms with Crippen LogP contribution < -0.4 is 20.1 Å². The first-order chi connectivity index (χ1) is 13.3. The maximum Gasteiger partial charge on any atom is 0.234 e. The molecule has 0 unspecified atom stereocenters. The van der Waals surface area contributed by atoms with Crippen molar-refractivity contribution in [3.8, 4) is 11.5 Å². The summed E-state index contributed by atoms with van der Waals surface area (Å²) in [6.07, 6.45) is 0. The molecule has 8 nitrogen and oxygen atoms in total. The molecule has 27 heavy (non-hydrogen) atoms. The second-order valence-corrected chi connectivity index (χ2v) is 7.10. The highest BCUT2D eigenvalue weighted by Crippen LogP contribution is 2.39. The van der Waals surface area contributed by atoms with Crippen LogP contribution in [0.15, 0.2) is 52.7 Å². The molecule has 3 aromatic rings. The lowest BCUT2D eigenvalue weighted by atomic mass is 10.2. The fraction of sp³-hybridized carbons (Fsp3) is 0.167. The number of H-pyrrole nitrogens is 1. The fourth-order valence-corrected chi connectivity index (χ4v) is 3.70. The zero-order chi connectivity index (χ0) is 18.2. The highest BCUT2D eigenvalue weighted by Gasteiger charge is 2.21. The molecule has 0 saturated carbocycles. The average Bonchev–Trinajstić information content (AvgIpc) is 3.29. The quantitative estimate of drug-likeness (QED) is 0.633. The van der Waals surface area contributed by atoms with Gasteiger partial charge in [-0.3, -0.25) is 4.79 Å². The lowest BCUT2D eigenvalue weighted by molar-refractivity contribution is -0.113. The van der Waals surface area contributed by atoms with Crippen molar-refractivity contribution in [2.45, 2.75) is 5.50 Å². The predicted molar refractivity (Wildman–Crippen MR) is 104 cm³/mol. The molecule has 9 heteroatoms. The molecule has 3 heterocycles. The van der Waals surface area contributed by atoms with Crippen molar-refractivity contribution in [3.63, 3.8) is 0 Å². The van der Waals surface area contributed by atoms with Crippen LogP contribution in [0.25, 0.3) is 10.9 Å². The number of nitrogens with one attached hydrogen (secondary N) is 3. The van der Waals surface area contributed by atoms with Crippen LogP contribution in [0.3, 0.4) is 0 Å². The van der Waals surface area contributed by atoms with Crippen molar-refractivity contribution in [1.29, 1.82) is 0 Å². The number of aromatic amines is 1. The first-order valence-electron chi connectivity index (χ1n) is 8.35. The predicted octanol–water partition coefficient (Wildman–Crippen LogP) is 4.06. The van der Waals surface area contributed by atoms with E-state index in [4.69, 9.17) is 9.47 Å². The Bertz CT molecular complexity index is 1060. The molecule has 0 radical (unpaired) electrons. The Morgan fingerprint density at radius 1 is 1.22 bits per heavy atom. The number of hydrogen-bond donors (Lipinski definition) is 3. The van der Waals surface area contributed by atoms with E-state index in [1.807, 2.05) is 24.3 Å². The van der Waals surface area contributed by atoms with Crippen LogP contribution in [-0.4, -0.2) is 28.9 Å². The van der Waals surface area contributed by atoms with Gasteiger partial charge >= 0.3 is 0 Å². The van der Waals surface area contributed by atoms with Crippen molar-refractivity contribution in [2.75, 3.05) is 23.2 Å². The molecule has 0 spiro atoms. The second-order valence-electron chi connectivity index (χ2n) is 6.03. The van der Waals surface area contributed by atoms with Crippen molar-refractivity contribution in [3.05, 3.63) is 42.5 Å². The molecule has 1 aromatic heterocycles. The number of azo groups is 1. The molecule has 0 fully saturated rings. The largest absolute Gasteiger partial charge is 0.454 e. The second kappa shape index (κ2) is 6.51. The Balaban J connectivity index is 1.20. The molecular formula is C18H15N5O3S. The van der Waals surface area contributed by atoms with E-state index in [9.17, 15) is 4.79 Å². The van der Waals surface area contributed by atoms with Crippen LogP contribution in [0.1, 0.15) is 0 Å². The number of nitrogens with zero attached hydrogens (tertiary/aromatic N) is 2. The minimum Gasteiger partial charge on any atom is -0.454 e. The highest BCUT2D eigenvalue weighted by atomic mass is 32.2. The molecular weight excluding hydrogens is 366 g/mol. The molecule has 1 atom stereocenters. The number of aromatic nitrogens is 1. The molecule has 0 bridgehead atoms. The Kier molecular flexibility index (Phi) is 3.86. The maximum atomic E-state index is 12.2. The third-order valence-corrected chi connectivity index (χ3v) is 5.19. The molecule has 2 aliphatic heterocycles. The van der Waals surface area contributed by atoms with Gasteiger partial charge in [-0.15, -0.1) is 16.9 Å². The molecule has 0 saturated heterocycles. The number of ether oxygens (including phenoxy) is 2. The standard InChI is InChI=1S/C18H15N5O3S/c24-15(19-10-5-6-13-14(7-10)26-9-25-13)8-27-18-21-17-16(22-23-18)11-3-1-2-4-12(11)20-17/h1-7,18,20-21H,8-9H2,(H,19,24)/t18-/m0/s1. The zero-order valence-corrected chi connectivity index (χ0v) is 14.9. The van der Waals surface area contributed by atoms with Crippen molar-refractivity contribution in [1.82, 2.24) is 4.98 Å². The Morgan fingerprint density at radius 3 is 3.07 bits per heavy atom. The van der Waals surface area contributed by atoms with E-state index in [2.05, 4.69) is 25.8 Å². The van der Waals surface area contributed by atoms with E-state index >= 15 is 0 Å². The summed E-state index contributed by atoms with van der Waals surface area (Å²) in [5.74, 6) is 2.25. The van der Waals surface area contributed by atoms with Crippen molar-refractivity contribution >= 4 is 45.8 Å². The number of rotatable bonds is 4. The van der Waals surface area contributed by atoms with Gasteiger partial charge in [-0.2, -0.15) is 5.11 Å². The normalized spacial score (nSPS) is 16.8. The van der Waals surface area contributed by atoms with Gasteiger partial charge in [0.05, 0.1) is 5.75 Å². The van der Waals surface area contributed by atoms with Gasteiger partial charge in [0.15, 0.2) is 17.0 Å². The van der Waals surface area contributed by atoms with Crippen molar-refractivity contribution < 1.29 is 14.3 Å². The van der Waals surface area contributed by atoms with Gasteiger partial charge in [-0.25, -0.2) is 0 Å². The van der Waals surface area contributed by atoms with E-state index in [1.54, 1.807) is 18.2 Å². The summed E-state index contributed by atoms with van der Waals surface area (Å²) < 4.78 is 10.6. The third kappa shape index (κ3) is 3.06. The average molecular weight is 381 g/mol. The Labute approximate surface area is 158 Å². The summed E-state index contributed by atoms with van der Waals surface area (Å²) in [5.41, 5.74) is 2.14. The highest BCUT2D eigenvalue weighted by molar-refractivity contribution is 8.00. The van der Waals surface area contributed by atoms with Gasteiger partial charge in [0.1, 0.15) is 11.5 Å². The number of fused-ring (bicyclic) bond motifs is 4. The van der Waals surface area contributed by atoms with Gasteiger partial charge in [-0.1, -0.05) is 18.2 Å². The van der Waals surface area contributed by atoms with E-state index in [0.717, 1.165) is 22.4 Å². The molecule has 5 rings (SSSR count). The fourth-order valence-electron chi connectivity index (χ4n) is 3.00. The van der Waals surface area contributed by atoms with E-state index < -0.39 is 0 Å². The van der Waals surface area contributed by atoms with E-state index in [0.29, 0.717) is 17.2 Å². The number of thioether (sulfide) groups is 1. The zero-order valence-electron chi connectivity index (χ0n) is 14.1. The number of hydrogen-bond acceptors (Lipinski definition) is 7. The Morgan fingerprint density at radius 2 is 2.11 bits per heavy atom. The molecule has 2 aromatic carbocycles. The Hall–Kier alpha value is -3.20. The monoisotopic (exact) mass is 381 g/mol. The summed E-state index contributed by atoms with van der Waals surface area (Å²) in [5, 5.41) is 15.7. The maximum absolute atomic E-state index is 12.2. The van der Waals surface area contributed by atoms with Gasteiger partial charge in [-0.05, 0) is 18.2 Å². The van der Waals surface area contributed by atoms with Crippen molar-refractivity contribution in [2.24, 2.45) is 10.2 Å². The number of carbonyl (C=O) groups excluding carboxylic acids is 1. The molecule has 2 aliphatic rings. The number of benzene rings is 2. The summed E-state index contributed by atoms with van der Waals surface area (Å²) in [7, 11) is 0. The first-order valence-corrected chi connectivity index (χ1v) is 9.40. The number of anilines is 2. The van der Waals surface area contributed by atoms with Gasteiger partial charge in [0, 0.05) is 22.7 Å². The summed E-state index contributed by atoms with van der Waals surface area (Å²) in [6, 6.07) is 13.2. The third-order valence-electron chi connectivity index (χ3n) is 4.24. The molecule has 136 valence electrons. The first kappa shape index (κ1) is 16.0. The van der Waals surface area contributed by atoms with Crippen LogP contribution in [-0.2, 0) is 4.79 Å². The van der Waals surface area contributed by atoms with Crippen LogP contribution in [0.4, 0.5) is 17.2 Å². The molecule has 3 N–H and O–H groups in total. The number of amides is 1. The van der Waals surface area contributed by atoms with E-state index in [-0.39, 0.29) is 24.0 Å². The van der Waals surface area contributed by atoms with Gasteiger partial charge < -0.3 is 25.1 Å². The lowest BCUT2D eigenvalue weighted by Crippen LogP contribution is -2.20. The molecule has 1 amide bonds. The van der Waals surface area contributed by atoms with Crippen LogP contribution in [0.5, 0.6) is 11.5 Å². The minimum atomic E-state index is -0.326. The molecule has 0 aliphatic carbocycles. The van der Waals surface area contributed by atoms with Crippen LogP contribution in [0.2, 0.25) is 0 Å². The minimum absolute atomic E-state index is 0.127. The summed E-state index contributed by atoms with van der Waals surface area (Å²) in [4.78, 5) is 15.5. The van der Waals surface area contributed by atoms with Gasteiger partial charge in [0.2, 0.25) is 12.7 Å².